The van der Waals surface area contributed by atoms with E-state index in [1.54, 1.807) is 0 Å². The van der Waals surface area contributed by atoms with Crippen molar-refractivity contribution in [2.45, 2.75) is 6.42 Å². The van der Waals surface area contributed by atoms with Gasteiger partial charge in [-0.2, -0.15) is 0 Å². The van der Waals surface area contributed by atoms with Crippen LogP contribution in [0.2, 0.25) is 0 Å². The standard InChI is InChI=1S/C9H11FIN3O/c10-5-3-8(7(12)4-6(5)11)14-2-1-9(13)15/h3-4,14H,1-2,12H2,(H2,13,15). The van der Waals surface area contributed by atoms with Crippen molar-refractivity contribution in [2.24, 2.45) is 5.73 Å². The minimum atomic E-state index is -0.410. The highest BCUT2D eigenvalue weighted by molar-refractivity contribution is 14.1. The van der Waals surface area contributed by atoms with Crippen molar-refractivity contribution in [3.05, 3.63) is 21.5 Å². The molecule has 0 atom stereocenters. The molecule has 0 aliphatic rings. The highest BCUT2D eigenvalue weighted by Gasteiger charge is 2.05. The molecule has 0 bridgehead atoms. The van der Waals surface area contributed by atoms with Crippen LogP contribution in [-0.2, 0) is 4.79 Å². The smallest absolute Gasteiger partial charge is 0.219 e. The zero-order chi connectivity index (χ0) is 11.4. The number of nitrogens with two attached hydrogens (primary N) is 2. The molecule has 0 aliphatic carbocycles. The molecular weight excluding hydrogens is 312 g/mol. The van der Waals surface area contributed by atoms with Crippen LogP contribution in [0.15, 0.2) is 12.1 Å². The molecule has 0 heterocycles. The van der Waals surface area contributed by atoms with Crippen molar-refractivity contribution in [3.63, 3.8) is 0 Å². The monoisotopic (exact) mass is 323 g/mol. The highest BCUT2D eigenvalue weighted by Crippen LogP contribution is 2.23. The first-order chi connectivity index (χ1) is 7.00. The van der Waals surface area contributed by atoms with Crippen LogP contribution < -0.4 is 16.8 Å². The number of nitrogens with one attached hydrogen (secondary N) is 1. The summed E-state index contributed by atoms with van der Waals surface area (Å²) in [5.41, 5.74) is 11.6. The van der Waals surface area contributed by atoms with E-state index >= 15 is 0 Å². The van der Waals surface area contributed by atoms with Crippen LogP contribution in [0.4, 0.5) is 15.8 Å². The highest BCUT2D eigenvalue weighted by atomic mass is 127. The van der Waals surface area contributed by atoms with Gasteiger partial charge in [0.05, 0.1) is 14.9 Å². The Hall–Kier alpha value is -1.05. The predicted molar refractivity (Wildman–Crippen MR) is 65.8 cm³/mol. The summed E-state index contributed by atoms with van der Waals surface area (Å²) in [6.07, 6.45) is 0.188. The van der Waals surface area contributed by atoms with Crippen molar-refractivity contribution >= 4 is 39.9 Å². The van der Waals surface area contributed by atoms with E-state index in [9.17, 15) is 9.18 Å². The maximum absolute atomic E-state index is 13.2. The molecule has 1 amide bonds. The van der Waals surface area contributed by atoms with Gasteiger partial charge in [-0.15, -0.1) is 0 Å². The minimum Gasteiger partial charge on any atom is -0.397 e. The Bertz CT molecular complexity index is 384. The van der Waals surface area contributed by atoms with Crippen LogP contribution in [0.3, 0.4) is 0 Å². The summed E-state index contributed by atoms with van der Waals surface area (Å²) in [4.78, 5) is 10.5. The van der Waals surface area contributed by atoms with Gasteiger partial charge in [0.2, 0.25) is 5.91 Å². The summed E-state index contributed by atoms with van der Waals surface area (Å²) in [5.74, 6) is -0.751. The average molecular weight is 323 g/mol. The molecule has 0 saturated carbocycles. The summed E-state index contributed by atoms with van der Waals surface area (Å²) in [5, 5.41) is 2.84. The van der Waals surface area contributed by atoms with Gasteiger partial charge in [0.15, 0.2) is 0 Å². The van der Waals surface area contributed by atoms with Crippen molar-refractivity contribution < 1.29 is 9.18 Å². The molecule has 0 radical (unpaired) electrons. The lowest BCUT2D eigenvalue weighted by Crippen LogP contribution is -2.16. The quantitative estimate of drug-likeness (QED) is 0.577. The Balaban J connectivity index is 2.69. The molecule has 0 fully saturated rings. The van der Waals surface area contributed by atoms with E-state index < -0.39 is 5.91 Å². The number of halogens is 2. The molecule has 6 heteroatoms. The normalized spacial score (nSPS) is 10.0. The largest absolute Gasteiger partial charge is 0.397 e. The fourth-order valence-electron chi connectivity index (χ4n) is 1.04. The number of nitrogen functional groups attached to an aromatic ring is 1. The fraction of sp³-hybridized carbons (Fsp3) is 0.222. The molecule has 5 N–H and O–H groups in total. The van der Waals surface area contributed by atoms with E-state index in [-0.39, 0.29) is 12.2 Å². The molecule has 0 saturated heterocycles. The van der Waals surface area contributed by atoms with Crippen molar-refractivity contribution in [1.82, 2.24) is 0 Å². The predicted octanol–water partition coefficient (Wildman–Crippen LogP) is 1.30. The lowest BCUT2D eigenvalue weighted by molar-refractivity contribution is -0.117. The SMILES string of the molecule is NC(=O)CCNc1cc(F)c(I)cc1N. The summed E-state index contributed by atoms with van der Waals surface area (Å²) < 4.78 is 13.6. The van der Waals surface area contributed by atoms with Gasteiger partial charge in [0.1, 0.15) is 5.82 Å². The first kappa shape index (κ1) is 12.0. The first-order valence-electron chi connectivity index (χ1n) is 4.27. The molecule has 82 valence electrons. The van der Waals surface area contributed by atoms with Crippen LogP contribution in [0.5, 0.6) is 0 Å². The van der Waals surface area contributed by atoms with E-state index in [2.05, 4.69) is 5.32 Å². The third-order valence-corrected chi connectivity index (χ3v) is 2.61. The second-order valence-electron chi connectivity index (χ2n) is 3.00. The molecule has 1 aromatic carbocycles. The van der Waals surface area contributed by atoms with Gasteiger partial charge in [0, 0.05) is 19.0 Å². The summed E-state index contributed by atoms with van der Waals surface area (Å²) >= 11 is 1.86. The van der Waals surface area contributed by atoms with E-state index in [0.717, 1.165) is 0 Å². The second-order valence-corrected chi connectivity index (χ2v) is 4.16. The van der Waals surface area contributed by atoms with E-state index in [1.807, 2.05) is 22.6 Å². The Kier molecular flexibility index (Phi) is 4.13. The number of rotatable bonds is 4. The van der Waals surface area contributed by atoms with E-state index in [0.29, 0.717) is 21.5 Å². The molecule has 0 unspecified atom stereocenters. The number of hydrogen-bond donors (Lipinski definition) is 3. The average Bonchev–Trinajstić information content (AvgIpc) is 2.13. The van der Waals surface area contributed by atoms with Gasteiger partial charge in [-0.3, -0.25) is 4.79 Å². The van der Waals surface area contributed by atoms with Gasteiger partial charge in [-0.25, -0.2) is 4.39 Å². The van der Waals surface area contributed by atoms with Crippen LogP contribution in [0.1, 0.15) is 6.42 Å². The molecule has 0 aliphatic heterocycles. The number of primary amides is 1. The topological polar surface area (TPSA) is 81.1 Å². The van der Waals surface area contributed by atoms with Gasteiger partial charge < -0.3 is 16.8 Å². The minimum absolute atomic E-state index is 0.188. The Morgan fingerprint density at radius 3 is 2.80 bits per heavy atom. The summed E-state index contributed by atoms with van der Waals surface area (Å²) in [6.45, 7) is 0.347. The number of anilines is 2. The van der Waals surface area contributed by atoms with Gasteiger partial charge in [-0.05, 0) is 28.7 Å². The molecular formula is C9H11FIN3O. The van der Waals surface area contributed by atoms with Crippen molar-refractivity contribution in [3.8, 4) is 0 Å². The van der Waals surface area contributed by atoms with Crippen molar-refractivity contribution in [1.29, 1.82) is 0 Å². The van der Waals surface area contributed by atoms with Crippen LogP contribution in [-0.4, -0.2) is 12.5 Å². The molecule has 15 heavy (non-hydrogen) atoms. The lowest BCUT2D eigenvalue weighted by atomic mass is 10.2. The molecule has 1 aromatic rings. The van der Waals surface area contributed by atoms with Gasteiger partial charge in [0.25, 0.3) is 0 Å². The maximum Gasteiger partial charge on any atom is 0.219 e. The fourth-order valence-corrected chi connectivity index (χ4v) is 1.53. The number of hydrogen-bond acceptors (Lipinski definition) is 3. The molecule has 1 rings (SSSR count). The Morgan fingerprint density at radius 1 is 1.53 bits per heavy atom. The van der Waals surface area contributed by atoms with Gasteiger partial charge in [-0.1, -0.05) is 0 Å². The van der Waals surface area contributed by atoms with Crippen LogP contribution in [0, 0.1) is 9.39 Å². The Labute approximate surface area is 100 Å². The first-order valence-corrected chi connectivity index (χ1v) is 5.35. The second kappa shape index (κ2) is 5.15. The van der Waals surface area contributed by atoms with E-state index in [4.69, 9.17) is 11.5 Å². The molecule has 0 spiro atoms. The van der Waals surface area contributed by atoms with Gasteiger partial charge >= 0.3 is 0 Å². The van der Waals surface area contributed by atoms with Crippen LogP contribution in [0.25, 0.3) is 0 Å². The zero-order valence-electron chi connectivity index (χ0n) is 7.89. The summed E-state index contributed by atoms with van der Waals surface area (Å²) in [6, 6.07) is 2.83. The number of carbonyl (C=O) groups excluding carboxylic acids is 1. The maximum atomic E-state index is 13.2. The number of amides is 1. The summed E-state index contributed by atoms with van der Waals surface area (Å²) in [7, 11) is 0. The van der Waals surface area contributed by atoms with E-state index in [1.165, 1.54) is 12.1 Å². The Morgan fingerprint density at radius 2 is 2.20 bits per heavy atom. The van der Waals surface area contributed by atoms with Crippen LogP contribution >= 0.6 is 22.6 Å². The molecule has 0 aromatic heterocycles. The number of benzene rings is 1. The number of carbonyl (C=O) groups is 1. The third-order valence-electron chi connectivity index (χ3n) is 1.78. The third kappa shape index (κ3) is 3.54. The zero-order valence-corrected chi connectivity index (χ0v) is 10.0. The van der Waals surface area contributed by atoms with Crippen molar-refractivity contribution in [2.75, 3.05) is 17.6 Å². The lowest BCUT2D eigenvalue weighted by Gasteiger charge is -2.09. The molecule has 4 nitrogen and oxygen atoms in total.